The van der Waals surface area contributed by atoms with Crippen LogP contribution in [0.25, 0.3) is 0 Å². The second kappa shape index (κ2) is 11.1. The molecule has 0 aromatic heterocycles. The highest BCUT2D eigenvalue weighted by Crippen LogP contribution is 2.34. The second-order valence-corrected chi connectivity index (χ2v) is 9.12. The molecule has 3 atom stereocenters. The molecule has 5 nitrogen and oxygen atoms in total. The molecule has 1 aliphatic carbocycles. The number of esters is 1. The van der Waals surface area contributed by atoms with Crippen LogP contribution in [-0.2, 0) is 14.3 Å². The van der Waals surface area contributed by atoms with Gasteiger partial charge in [-0.25, -0.2) is 0 Å². The summed E-state index contributed by atoms with van der Waals surface area (Å²) in [5, 5.41) is 7.32. The topological polar surface area (TPSA) is 51.1 Å². The number of methoxy groups -OCH3 is 2. The molecule has 6 heteroatoms. The number of hydrogen-bond donors (Lipinski definition) is 0. The van der Waals surface area contributed by atoms with E-state index in [1.54, 1.807) is 7.11 Å². The third-order valence-electron chi connectivity index (χ3n) is 6.25. The molecule has 1 saturated carbocycles. The largest absolute Gasteiger partial charge is 0.469 e. The summed E-state index contributed by atoms with van der Waals surface area (Å²) in [6.07, 6.45) is 8.48. The number of nitrogens with zero attached hydrogens (tertiary/aromatic N) is 2. The average molecular weight is 465 g/mol. The molecule has 1 saturated heterocycles. The molecule has 0 spiro atoms. The minimum atomic E-state index is -0.0644. The SMILES string of the molecule is COC[C@@H]1CCCN1/N=C(\C[C@H]1CCCCC[C@@H]1C(=O)OC)c1ccc(Br)cc1. The Bertz CT molecular complexity index is 692. The molecule has 0 bridgehead atoms. The van der Waals surface area contributed by atoms with Crippen molar-refractivity contribution in [3.63, 3.8) is 0 Å². The molecule has 0 amide bonds. The third-order valence-corrected chi connectivity index (χ3v) is 6.78. The van der Waals surface area contributed by atoms with Crippen LogP contribution in [0.2, 0.25) is 0 Å². The van der Waals surface area contributed by atoms with Crippen molar-refractivity contribution in [1.82, 2.24) is 5.01 Å². The van der Waals surface area contributed by atoms with Gasteiger partial charge in [-0.15, -0.1) is 0 Å². The zero-order valence-corrected chi connectivity index (χ0v) is 19.2. The highest BCUT2D eigenvalue weighted by molar-refractivity contribution is 9.10. The van der Waals surface area contributed by atoms with Crippen molar-refractivity contribution in [3.05, 3.63) is 34.3 Å². The summed E-state index contributed by atoms with van der Waals surface area (Å²) in [6, 6.07) is 8.69. The van der Waals surface area contributed by atoms with Gasteiger partial charge in [0.15, 0.2) is 0 Å². The summed E-state index contributed by atoms with van der Waals surface area (Å²) in [4.78, 5) is 12.5. The fourth-order valence-electron chi connectivity index (χ4n) is 4.67. The number of rotatable bonds is 7. The molecule has 2 fully saturated rings. The maximum absolute atomic E-state index is 12.5. The van der Waals surface area contributed by atoms with E-state index in [9.17, 15) is 4.79 Å². The van der Waals surface area contributed by atoms with Crippen LogP contribution >= 0.6 is 15.9 Å². The summed E-state index contributed by atoms with van der Waals surface area (Å²) >= 11 is 3.53. The number of carbonyl (C=O) groups is 1. The van der Waals surface area contributed by atoms with Gasteiger partial charge < -0.3 is 9.47 Å². The average Bonchev–Trinajstić information content (AvgIpc) is 3.02. The Morgan fingerprint density at radius 3 is 2.59 bits per heavy atom. The monoisotopic (exact) mass is 464 g/mol. The first-order chi connectivity index (χ1) is 14.1. The summed E-state index contributed by atoms with van der Waals surface area (Å²) in [6.45, 7) is 1.66. The molecule has 1 aliphatic heterocycles. The van der Waals surface area contributed by atoms with E-state index in [0.29, 0.717) is 12.6 Å². The molecule has 2 aliphatic rings. The molecular formula is C23H33BrN2O3. The van der Waals surface area contributed by atoms with Crippen LogP contribution in [0.15, 0.2) is 33.8 Å². The molecule has 0 unspecified atom stereocenters. The van der Waals surface area contributed by atoms with E-state index < -0.39 is 0 Å². The number of ether oxygens (including phenoxy) is 2. The van der Waals surface area contributed by atoms with Gasteiger partial charge in [0, 0.05) is 18.1 Å². The van der Waals surface area contributed by atoms with Crippen LogP contribution in [0.1, 0.15) is 56.9 Å². The lowest BCUT2D eigenvalue weighted by atomic mass is 9.83. The highest BCUT2D eigenvalue weighted by Gasteiger charge is 2.32. The first-order valence-corrected chi connectivity index (χ1v) is 11.6. The lowest BCUT2D eigenvalue weighted by Crippen LogP contribution is -2.31. The zero-order valence-electron chi connectivity index (χ0n) is 17.6. The molecule has 0 radical (unpaired) electrons. The normalized spacial score (nSPS) is 25.7. The summed E-state index contributed by atoms with van der Waals surface area (Å²) < 4.78 is 11.6. The van der Waals surface area contributed by atoms with Gasteiger partial charge in [0.05, 0.1) is 31.4 Å². The van der Waals surface area contributed by atoms with E-state index in [-0.39, 0.29) is 17.8 Å². The Morgan fingerprint density at radius 1 is 1.10 bits per heavy atom. The van der Waals surface area contributed by atoms with Gasteiger partial charge >= 0.3 is 5.97 Å². The van der Waals surface area contributed by atoms with Crippen molar-refractivity contribution in [3.8, 4) is 0 Å². The van der Waals surface area contributed by atoms with Gasteiger partial charge in [0.25, 0.3) is 0 Å². The van der Waals surface area contributed by atoms with E-state index in [2.05, 4.69) is 45.2 Å². The van der Waals surface area contributed by atoms with Crippen LogP contribution in [0, 0.1) is 11.8 Å². The summed E-state index contributed by atoms with van der Waals surface area (Å²) in [5.74, 6) is 0.179. The number of hydrazone groups is 1. The van der Waals surface area contributed by atoms with Crippen molar-refractivity contribution < 1.29 is 14.3 Å². The van der Waals surface area contributed by atoms with Gasteiger partial charge in [-0.2, -0.15) is 5.10 Å². The molecule has 1 heterocycles. The Kier molecular flexibility index (Phi) is 8.54. The van der Waals surface area contributed by atoms with E-state index in [1.165, 1.54) is 20.0 Å². The van der Waals surface area contributed by atoms with E-state index in [1.807, 2.05) is 0 Å². The van der Waals surface area contributed by atoms with Crippen LogP contribution in [0.5, 0.6) is 0 Å². The molecule has 160 valence electrons. The van der Waals surface area contributed by atoms with Gasteiger partial charge in [-0.3, -0.25) is 9.80 Å². The molecule has 0 N–H and O–H groups in total. The molecule has 3 rings (SSSR count). The zero-order chi connectivity index (χ0) is 20.6. The maximum Gasteiger partial charge on any atom is 0.308 e. The first-order valence-electron chi connectivity index (χ1n) is 10.8. The Hall–Kier alpha value is -1.40. The van der Waals surface area contributed by atoms with Crippen LogP contribution < -0.4 is 0 Å². The van der Waals surface area contributed by atoms with Crippen molar-refractivity contribution in [2.75, 3.05) is 27.4 Å². The Labute approximate surface area is 183 Å². The smallest absolute Gasteiger partial charge is 0.308 e. The van der Waals surface area contributed by atoms with Gasteiger partial charge in [-0.1, -0.05) is 47.3 Å². The number of carbonyl (C=O) groups excluding carboxylic acids is 1. The fraction of sp³-hybridized carbons (Fsp3) is 0.652. The predicted molar refractivity (Wildman–Crippen MR) is 119 cm³/mol. The predicted octanol–water partition coefficient (Wildman–Crippen LogP) is 5.02. The van der Waals surface area contributed by atoms with Gasteiger partial charge in [-0.05, 0) is 55.7 Å². The van der Waals surface area contributed by atoms with E-state index in [0.717, 1.165) is 60.8 Å². The highest BCUT2D eigenvalue weighted by atomic mass is 79.9. The Balaban J connectivity index is 1.88. The van der Waals surface area contributed by atoms with Crippen LogP contribution in [-0.4, -0.2) is 50.1 Å². The number of hydrogen-bond acceptors (Lipinski definition) is 5. The lowest BCUT2D eigenvalue weighted by molar-refractivity contribution is -0.147. The number of benzene rings is 1. The fourth-order valence-corrected chi connectivity index (χ4v) is 4.93. The minimum Gasteiger partial charge on any atom is -0.469 e. The molecule has 1 aromatic rings. The van der Waals surface area contributed by atoms with Crippen molar-refractivity contribution in [2.45, 2.75) is 57.4 Å². The number of halogens is 1. The molecular weight excluding hydrogens is 432 g/mol. The lowest BCUT2D eigenvalue weighted by Gasteiger charge is -2.26. The molecule has 29 heavy (non-hydrogen) atoms. The summed E-state index contributed by atoms with van der Waals surface area (Å²) in [7, 11) is 3.26. The quantitative estimate of drug-likeness (QED) is 0.322. The van der Waals surface area contributed by atoms with Gasteiger partial charge in [0.1, 0.15) is 0 Å². The third kappa shape index (κ3) is 6.05. The van der Waals surface area contributed by atoms with Gasteiger partial charge in [0.2, 0.25) is 0 Å². The van der Waals surface area contributed by atoms with Crippen molar-refractivity contribution >= 4 is 27.6 Å². The Morgan fingerprint density at radius 2 is 1.86 bits per heavy atom. The van der Waals surface area contributed by atoms with Crippen molar-refractivity contribution in [2.24, 2.45) is 16.9 Å². The van der Waals surface area contributed by atoms with E-state index in [4.69, 9.17) is 14.6 Å². The summed E-state index contributed by atoms with van der Waals surface area (Å²) in [5.41, 5.74) is 2.20. The van der Waals surface area contributed by atoms with E-state index >= 15 is 0 Å². The van der Waals surface area contributed by atoms with Crippen LogP contribution in [0.4, 0.5) is 0 Å². The minimum absolute atomic E-state index is 0.0310. The second-order valence-electron chi connectivity index (χ2n) is 8.20. The molecule has 1 aromatic carbocycles. The van der Waals surface area contributed by atoms with Crippen molar-refractivity contribution in [1.29, 1.82) is 0 Å². The standard InChI is InChI=1S/C23H33BrN2O3/c1-28-16-20-8-6-14-26(20)25-22(17-10-12-19(24)13-11-17)15-18-7-4-3-5-9-21(18)23(27)29-2/h10-13,18,20-21H,3-9,14-16H2,1-2H3/b25-22+/t18-,20+,21+/m1/s1. The van der Waals surface area contributed by atoms with Crippen LogP contribution in [0.3, 0.4) is 0 Å². The first kappa shape index (κ1) is 22.3. The maximum atomic E-state index is 12.5.